The Kier molecular flexibility index (Phi) is 5.54. The van der Waals surface area contributed by atoms with Gasteiger partial charge in [-0.2, -0.15) is 0 Å². The molecule has 7 nitrogen and oxygen atoms in total. The topological polar surface area (TPSA) is 74.3 Å². The van der Waals surface area contributed by atoms with E-state index in [2.05, 4.69) is 0 Å². The Labute approximate surface area is 141 Å². The van der Waals surface area contributed by atoms with Gasteiger partial charge in [0, 0.05) is 12.1 Å². The van der Waals surface area contributed by atoms with E-state index in [-0.39, 0.29) is 18.6 Å². The molecule has 0 aromatic heterocycles. The minimum Gasteiger partial charge on any atom is -0.493 e. The van der Waals surface area contributed by atoms with Crippen molar-refractivity contribution < 1.29 is 28.5 Å². The van der Waals surface area contributed by atoms with Gasteiger partial charge >= 0.3 is 12.1 Å². The normalized spacial score (nSPS) is 19.3. The van der Waals surface area contributed by atoms with Crippen molar-refractivity contribution in [2.24, 2.45) is 0 Å². The minimum absolute atomic E-state index is 0.223. The summed E-state index contributed by atoms with van der Waals surface area (Å²) >= 11 is 0. The number of amides is 1. The van der Waals surface area contributed by atoms with Crippen LogP contribution < -0.4 is 14.4 Å². The molecule has 0 fully saturated rings. The van der Waals surface area contributed by atoms with Gasteiger partial charge < -0.3 is 18.9 Å². The lowest BCUT2D eigenvalue weighted by molar-refractivity contribution is -0.142. The van der Waals surface area contributed by atoms with Gasteiger partial charge in [-0.05, 0) is 31.9 Å². The second-order valence-electron chi connectivity index (χ2n) is 5.50. The number of fused-ring (bicyclic) bond motifs is 1. The SMILES string of the molecule is CCOC(=O)N1c2cc(OC)c(OC)cc2C(C(=O)OC)CC1C. The van der Waals surface area contributed by atoms with Crippen molar-refractivity contribution in [2.45, 2.75) is 32.2 Å². The molecule has 1 aliphatic rings. The van der Waals surface area contributed by atoms with Crippen LogP contribution in [0.2, 0.25) is 0 Å². The molecule has 0 radical (unpaired) electrons. The molecule has 2 atom stereocenters. The Morgan fingerprint density at radius 2 is 1.79 bits per heavy atom. The first kappa shape index (κ1) is 17.9. The lowest BCUT2D eigenvalue weighted by Crippen LogP contribution is -2.44. The molecule has 0 saturated heterocycles. The second kappa shape index (κ2) is 7.42. The summed E-state index contributed by atoms with van der Waals surface area (Å²) in [5, 5.41) is 0. The molecule has 1 aliphatic heterocycles. The van der Waals surface area contributed by atoms with Crippen molar-refractivity contribution in [3.05, 3.63) is 17.7 Å². The van der Waals surface area contributed by atoms with E-state index in [1.54, 1.807) is 24.0 Å². The predicted octanol–water partition coefficient (Wildman–Crippen LogP) is 2.72. The van der Waals surface area contributed by atoms with Crippen LogP contribution in [0.5, 0.6) is 11.5 Å². The zero-order chi connectivity index (χ0) is 17.9. The molecular formula is C17H23NO6. The zero-order valence-electron chi connectivity index (χ0n) is 14.6. The first-order valence-corrected chi connectivity index (χ1v) is 7.78. The summed E-state index contributed by atoms with van der Waals surface area (Å²) in [4.78, 5) is 26.1. The third-order valence-corrected chi connectivity index (χ3v) is 4.14. The molecule has 1 heterocycles. The van der Waals surface area contributed by atoms with E-state index < -0.39 is 12.0 Å². The highest BCUT2D eigenvalue weighted by molar-refractivity contribution is 5.94. The van der Waals surface area contributed by atoms with Crippen molar-refractivity contribution >= 4 is 17.7 Å². The number of hydrogen-bond donors (Lipinski definition) is 0. The number of esters is 1. The van der Waals surface area contributed by atoms with E-state index >= 15 is 0 Å². The molecule has 24 heavy (non-hydrogen) atoms. The van der Waals surface area contributed by atoms with Crippen molar-refractivity contribution in [1.29, 1.82) is 0 Å². The molecule has 1 amide bonds. The summed E-state index contributed by atoms with van der Waals surface area (Å²) in [5.41, 5.74) is 1.23. The molecule has 0 bridgehead atoms. The van der Waals surface area contributed by atoms with Crippen molar-refractivity contribution in [3.8, 4) is 11.5 Å². The number of anilines is 1. The Bertz CT molecular complexity index is 630. The Morgan fingerprint density at radius 1 is 1.17 bits per heavy atom. The fourth-order valence-corrected chi connectivity index (χ4v) is 3.02. The van der Waals surface area contributed by atoms with Crippen LogP contribution in [-0.4, -0.2) is 46.0 Å². The molecule has 7 heteroatoms. The number of nitrogens with zero attached hydrogens (tertiary/aromatic N) is 1. The smallest absolute Gasteiger partial charge is 0.414 e. The van der Waals surface area contributed by atoms with Crippen LogP contribution in [0.25, 0.3) is 0 Å². The van der Waals surface area contributed by atoms with E-state index in [4.69, 9.17) is 18.9 Å². The van der Waals surface area contributed by atoms with Gasteiger partial charge in [0.15, 0.2) is 11.5 Å². The van der Waals surface area contributed by atoms with Crippen LogP contribution in [-0.2, 0) is 14.3 Å². The van der Waals surface area contributed by atoms with E-state index in [1.807, 2.05) is 6.92 Å². The van der Waals surface area contributed by atoms with E-state index in [1.165, 1.54) is 21.3 Å². The highest BCUT2D eigenvalue weighted by Gasteiger charge is 2.39. The van der Waals surface area contributed by atoms with Crippen molar-refractivity contribution in [1.82, 2.24) is 0 Å². The molecule has 1 aromatic rings. The first-order chi connectivity index (χ1) is 11.5. The number of carbonyl (C=O) groups is 2. The summed E-state index contributed by atoms with van der Waals surface area (Å²) in [6, 6.07) is 3.18. The van der Waals surface area contributed by atoms with Crippen molar-refractivity contribution in [2.75, 3.05) is 32.8 Å². The number of rotatable bonds is 4. The van der Waals surface area contributed by atoms with Gasteiger partial charge in [-0.3, -0.25) is 9.69 Å². The summed E-state index contributed by atoms with van der Waals surface area (Å²) in [5.74, 6) is 0.135. The maximum Gasteiger partial charge on any atom is 0.414 e. The average molecular weight is 337 g/mol. The Hall–Kier alpha value is -2.44. The number of benzene rings is 1. The number of hydrogen-bond acceptors (Lipinski definition) is 6. The van der Waals surface area contributed by atoms with Crippen LogP contribution in [0, 0.1) is 0 Å². The second-order valence-corrected chi connectivity index (χ2v) is 5.50. The molecule has 0 N–H and O–H groups in total. The van der Waals surface area contributed by atoms with E-state index in [9.17, 15) is 9.59 Å². The quantitative estimate of drug-likeness (QED) is 0.787. The molecule has 132 valence electrons. The molecule has 1 aromatic carbocycles. The lowest BCUT2D eigenvalue weighted by atomic mass is 9.86. The Balaban J connectivity index is 2.62. The summed E-state index contributed by atoms with van der Waals surface area (Å²) < 4.78 is 20.7. The fourth-order valence-electron chi connectivity index (χ4n) is 3.02. The summed E-state index contributed by atoms with van der Waals surface area (Å²) in [7, 11) is 4.39. The monoisotopic (exact) mass is 337 g/mol. The zero-order valence-corrected chi connectivity index (χ0v) is 14.6. The van der Waals surface area contributed by atoms with Crippen LogP contribution in [0.3, 0.4) is 0 Å². The maximum absolute atomic E-state index is 12.4. The first-order valence-electron chi connectivity index (χ1n) is 7.78. The number of ether oxygens (including phenoxy) is 4. The summed E-state index contributed by atoms with van der Waals surface area (Å²) in [6.07, 6.45) is -0.0182. The molecule has 0 spiro atoms. The number of methoxy groups -OCH3 is 3. The molecular weight excluding hydrogens is 314 g/mol. The third-order valence-electron chi connectivity index (χ3n) is 4.14. The molecule has 0 saturated carbocycles. The van der Waals surface area contributed by atoms with Gasteiger partial charge in [-0.1, -0.05) is 0 Å². The van der Waals surface area contributed by atoms with Crippen LogP contribution in [0.4, 0.5) is 10.5 Å². The maximum atomic E-state index is 12.4. The largest absolute Gasteiger partial charge is 0.493 e. The lowest BCUT2D eigenvalue weighted by Gasteiger charge is -2.38. The van der Waals surface area contributed by atoms with Gasteiger partial charge in [0.1, 0.15) is 0 Å². The molecule has 2 unspecified atom stereocenters. The standard InChI is InChI=1S/C17H23NO6/c1-6-24-17(20)18-10(2)7-12(16(19)23-5)11-8-14(21-3)15(22-4)9-13(11)18/h8-10,12H,6-7H2,1-5H3. The summed E-state index contributed by atoms with van der Waals surface area (Å²) in [6.45, 7) is 3.89. The van der Waals surface area contributed by atoms with Gasteiger partial charge in [0.25, 0.3) is 0 Å². The predicted molar refractivity (Wildman–Crippen MR) is 87.9 cm³/mol. The van der Waals surface area contributed by atoms with Crippen LogP contribution in [0.1, 0.15) is 31.7 Å². The molecule has 2 rings (SSSR count). The van der Waals surface area contributed by atoms with Gasteiger partial charge in [-0.25, -0.2) is 4.79 Å². The minimum atomic E-state index is -0.481. The number of carbonyl (C=O) groups excluding carboxylic acids is 2. The fraction of sp³-hybridized carbons (Fsp3) is 0.529. The van der Waals surface area contributed by atoms with Crippen LogP contribution in [0.15, 0.2) is 12.1 Å². The van der Waals surface area contributed by atoms with E-state index in [0.717, 1.165) is 0 Å². The van der Waals surface area contributed by atoms with Gasteiger partial charge in [-0.15, -0.1) is 0 Å². The van der Waals surface area contributed by atoms with Crippen LogP contribution >= 0.6 is 0 Å². The Morgan fingerprint density at radius 3 is 2.33 bits per heavy atom. The third kappa shape index (κ3) is 3.11. The van der Waals surface area contributed by atoms with Crippen molar-refractivity contribution in [3.63, 3.8) is 0 Å². The highest BCUT2D eigenvalue weighted by atomic mass is 16.6. The average Bonchev–Trinajstić information content (AvgIpc) is 2.59. The van der Waals surface area contributed by atoms with E-state index in [0.29, 0.717) is 29.2 Å². The highest BCUT2D eigenvalue weighted by Crippen LogP contribution is 2.45. The van der Waals surface area contributed by atoms with Gasteiger partial charge in [0.05, 0.1) is 39.5 Å². The molecule has 0 aliphatic carbocycles. The van der Waals surface area contributed by atoms with Gasteiger partial charge in [0.2, 0.25) is 0 Å².